The zero-order chi connectivity index (χ0) is 16.5. The zero-order valence-corrected chi connectivity index (χ0v) is 14.4. The summed E-state index contributed by atoms with van der Waals surface area (Å²) in [6.45, 7) is 1.20. The topological polar surface area (TPSA) is 89.5 Å². The lowest BCUT2D eigenvalue weighted by molar-refractivity contribution is 0.108. The second-order valence-electron chi connectivity index (χ2n) is 6.12. The third kappa shape index (κ3) is 3.76. The lowest BCUT2D eigenvalue weighted by Gasteiger charge is -2.21. The van der Waals surface area contributed by atoms with Crippen molar-refractivity contribution in [3.63, 3.8) is 0 Å². The molecule has 2 fully saturated rings. The fraction of sp³-hybridized carbons (Fsp3) is 0.600. The highest BCUT2D eigenvalue weighted by molar-refractivity contribution is 7.96. The molecule has 0 spiro atoms. The Kier molecular flexibility index (Phi) is 4.78. The molecule has 1 aromatic rings. The highest BCUT2D eigenvalue weighted by Crippen LogP contribution is 2.26. The Morgan fingerprint density at radius 1 is 1.17 bits per heavy atom. The predicted molar refractivity (Wildman–Crippen MR) is 86.8 cm³/mol. The van der Waals surface area contributed by atoms with Crippen molar-refractivity contribution in [2.75, 3.05) is 24.7 Å². The van der Waals surface area contributed by atoms with Crippen molar-refractivity contribution in [1.82, 2.24) is 5.32 Å². The van der Waals surface area contributed by atoms with Gasteiger partial charge in [-0.1, -0.05) is 18.2 Å². The maximum atomic E-state index is 12.8. The molecule has 6 nitrogen and oxygen atoms in total. The molecule has 0 bridgehead atoms. The van der Waals surface area contributed by atoms with Crippen LogP contribution < -0.4 is 5.32 Å². The molecule has 2 heterocycles. The van der Waals surface area contributed by atoms with Gasteiger partial charge in [0.1, 0.15) is 0 Å². The third-order valence-electron chi connectivity index (χ3n) is 4.40. The number of nitrogens with one attached hydrogen (secondary N) is 1. The molecule has 8 heteroatoms. The van der Waals surface area contributed by atoms with Gasteiger partial charge >= 0.3 is 0 Å². The lowest BCUT2D eigenvalue weighted by atomic mass is 10.2. The number of ether oxygens (including phenoxy) is 1. The minimum atomic E-state index is -3.69. The molecule has 0 radical (unpaired) electrons. The van der Waals surface area contributed by atoms with Crippen LogP contribution >= 0.6 is 0 Å². The second-order valence-corrected chi connectivity index (χ2v) is 10.4. The van der Waals surface area contributed by atoms with Crippen LogP contribution in [0.4, 0.5) is 0 Å². The molecule has 2 aliphatic rings. The third-order valence-corrected chi connectivity index (χ3v) is 8.57. The van der Waals surface area contributed by atoms with Crippen LogP contribution in [0, 0.1) is 0 Å². The van der Waals surface area contributed by atoms with E-state index < -0.39 is 31.0 Å². The van der Waals surface area contributed by atoms with E-state index in [-0.39, 0.29) is 22.5 Å². The van der Waals surface area contributed by atoms with E-state index in [1.54, 1.807) is 18.2 Å². The molecule has 2 aliphatic heterocycles. The average Bonchev–Trinajstić information content (AvgIpc) is 3.13. The van der Waals surface area contributed by atoms with Gasteiger partial charge in [0.25, 0.3) is 0 Å². The number of hydrogen-bond acceptors (Lipinski definition) is 6. The van der Waals surface area contributed by atoms with E-state index in [1.165, 1.54) is 12.1 Å². The van der Waals surface area contributed by atoms with Crippen molar-refractivity contribution in [2.45, 2.75) is 35.1 Å². The quantitative estimate of drug-likeness (QED) is 0.818. The Morgan fingerprint density at radius 2 is 1.91 bits per heavy atom. The maximum Gasteiger partial charge on any atom is 0.183 e. The largest absolute Gasteiger partial charge is 0.377 e. The molecule has 0 saturated carbocycles. The van der Waals surface area contributed by atoms with E-state index in [0.29, 0.717) is 13.2 Å². The molecular weight excluding hydrogens is 338 g/mol. The fourth-order valence-corrected chi connectivity index (χ4v) is 7.92. The minimum absolute atomic E-state index is 0.0402. The molecule has 1 aromatic carbocycles. The van der Waals surface area contributed by atoms with Gasteiger partial charge in [0.05, 0.1) is 27.8 Å². The molecule has 0 aromatic heterocycles. The van der Waals surface area contributed by atoms with E-state index in [1.807, 2.05) is 0 Å². The lowest BCUT2D eigenvalue weighted by Crippen LogP contribution is -2.45. The van der Waals surface area contributed by atoms with Crippen LogP contribution in [0.25, 0.3) is 0 Å². The Balaban J connectivity index is 1.80. The summed E-state index contributed by atoms with van der Waals surface area (Å²) < 4.78 is 55.1. The van der Waals surface area contributed by atoms with Gasteiger partial charge in [0.2, 0.25) is 0 Å². The Bertz CT molecular complexity index is 739. The van der Waals surface area contributed by atoms with Gasteiger partial charge in [-0.3, -0.25) is 0 Å². The van der Waals surface area contributed by atoms with Crippen molar-refractivity contribution in [3.05, 3.63) is 30.3 Å². The highest BCUT2D eigenvalue weighted by Gasteiger charge is 2.45. The summed E-state index contributed by atoms with van der Waals surface area (Å²) in [7, 11) is -7.05. The SMILES string of the molecule is O=S1(=O)C[C@H](NC[C@@H]2CCCO2)[C@@H](S(=O)(=O)c2ccccc2)C1. The summed E-state index contributed by atoms with van der Waals surface area (Å²) in [5, 5.41) is 2.17. The molecule has 3 atom stereocenters. The van der Waals surface area contributed by atoms with Crippen molar-refractivity contribution < 1.29 is 21.6 Å². The first-order chi connectivity index (χ1) is 10.9. The fourth-order valence-electron chi connectivity index (χ4n) is 3.18. The summed E-state index contributed by atoms with van der Waals surface area (Å²) in [6.07, 6.45) is 1.95. The molecule has 0 aliphatic carbocycles. The zero-order valence-electron chi connectivity index (χ0n) is 12.7. The van der Waals surface area contributed by atoms with Crippen LogP contribution in [0.5, 0.6) is 0 Å². The Hall–Kier alpha value is -0.960. The van der Waals surface area contributed by atoms with E-state index in [2.05, 4.69) is 5.32 Å². The monoisotopic (exact) mass is 359 g/mol. The van der Waals surface area contributed by atoms with E-state index in [4.69, 9.17) is 4.74 Å². The van der Waals surface area contributed by atoms with Gasteiger partial charge in [0.15, 0.2) is 19.7 Å². The molecule has 128 valence electrons. The van der Waals surface area contributed by atoms with Crippen LogP contribution in [-0.2, 0) is 24.4 Å². The first-order valence-electron chi connectivity index (χ1n) is 7.73. The minimum Gasteiger partial charge on any atom is -0.377 e. The highest BCUT2D eigenvalue weighted by atomic mass is 32.2. The molecule has 1 N–H and O–H groups in total. The molecule has 3 rings (SSSR count). The van der Waals surface area contributed by atoms with Crippen LogP contribution in [0.2, 0.25) is 0 Å². The van der Waals surface area contributed by atoms with Crippen molar-refractivity contribution in [1.29, 1.82) is 0 Å². The normalized spacial score (nSPS) is 30.5. The molecule has 0 unspecified atom stereocenters. The maximum absolute atomic E-state index is 12.8. The van der Waals surface area contributed by atoms with Crippen molar-refractivity contribution >= 4 is 19.7 Å². The van der Waals surface area contributed by atoms with Crippen molar-refractivity contribution in [3.8, 4) is 0 Å². The second kappa shape index (κ2) is 6.51. The van der Waals surface area contributed by atoms with Gasteiger partial charge < -0.3 is 10.1 Å². The van der Waals surface area contributed by atoms with Crippen molar-refractivity contribution in [2.24, 2.45) is 0 Å². The van der Waals surface area contributed by atoms with Gasteiger partial charge in [0, 0.05) is 19.2 Å². The Labute approximate surface area is 137 Å². The summed E-state index contributed by atoms with van der Waals surface area (Å²) in [4.78, 5) is 0.172. The van der Waals surface area contributed by atoms with Crippen LogP contribution in [0.3, 0.4) is 0 Å². The van der Waals surface area contributed by atoms with Gasteiger partial charge in [-0.2, -0.15) is 0 Å². The van der Waals surface area contributed by atoms with E-state index in [0.717, 1.165) is 12.8 Å². The molecule has 23 heavy (non-hydrogen) atoms. The van der Waals surface area contributed by atoms with Crippen LogP contribution in [0.1, 0.15) is 12.8 Å². The number of hydrogen-bond donors (Lipinski definition) is 1. The summed E-state index contributed by atoms with van der Waals surface area (Å²) >= 11 is 0. The summed E-state index contributed by atoms with van der Waals surface area (Å²) in [6, 6.07) is 7.46. The smallest absolute Gasteiger partial charge is 0.183 e. The van der Waals surface area contributed by atoms with Gasteiger partial charge in [-0.15, -0.1) is 0 Å². The van der Waals surface area contributed by atoms with E-state index >= 15 is 0 Å². The molecule has 2 saturated heterocycles. The predicted octanol–water partition coefficient (Wildman–Crippen LogP) is 0.395. The van der Waals surface area contributed by atoms with Crippen LogP contribution in [0.15, 0.2) is 35.2 Å². The first kappa shape index (κ1) is 16.9. The summed E-state index contributed by atoms with van der Waals surface area (Å²) in [5.74, 6) is -0.468. The summed E-state index contributed by atoms with van der Waals surface area (Å²) in [5.41, 5.74) is 0. The van der Waals surface area contributed by atoms with Gasteiger partial charge in [-0.25, -0.2) is 16.8 Å². The average molecular weight is 359 g/mol. The van der Waals surface area contributed by atoms with Crippen LogP contribution in [-0.4, -0.2) is 58.9 Å². The number of benzene rings is 1. The standard InChI is InChI=1S/C15H21NO5S2/c17-22(18)10-14(16-9-12-5-4-8-21-12)15(11-22)23(19,20)13-6-2-1-3-7-13/h1-3,6-7,12,14-16H,4-5,8-11H2/t12-,14-,15-/m0/s1. The van der Waals surface area contributed by atoms with Gasteiger partial charge in [-0.05, 0) is 25.0 Å². The molecule has 0 amide bonds. The number of sulfone groups is 2. The first-order valence-corrected chi connectivity index (χ1v) is 11.1. The van der Waals surface area contributed by atoms with E-state index in [9.17, 15) is 16.8 Å². The number of rotatable bonds is 5. The molecular formula is C15H21NO5S2. The Morgan fingerprint density at radius 3 is 2.57 bits per heavy atom.